The molecule has 0 bridgehead atoms. The average molecular weight is 200 g/mol. The predicted molar refractivity (Wildman–Crippen MR) is 59.3 cm³/mol. The van der Waals surface area contributed by atoms with Crippen molar-refractivity contribution in [1.82, 2.24) is 9.97 Å². The number of nitrogens with zero attached hydrogens (tertiary/aromatic N) is 2. The summed E-state index contributed by atoms with van der Waals surface area (Å²) in [6.45, 7) is 3.61. The molecule has 1 heterocycles. The van der Waals surface area contributed by atoms with Gasteiger partial charge in [0, 0.05) is 18.0 Å². The van der Waals surface area contributed by atoms with E-state index in [1.165, 1.54) is 0 Å². The van der Waals surface area contributed by atoms with Crippen LogP contribution < -0.4 is 0 Å². The molecule has 2 aromatic rings. The van der Waals surface area contributed by atoms with Crippen LogP contribution in [0.3, 0.4) is 0 Å². The summed E-state index contributed by atoms with van der Waals surface area (Å²) in [5, 5.41) is 9.88. The normalized spacial score (nSPS) is 12.6. The van der Waals surface area contributed by atoms with E-state index in [0.29, 0.717) is 6.42 Å². The maximum atomic E-state index is 9.88. The van der Waals surface area contributed by atoms with Gasteiger partial charge >= 0.3 is 0 Å². The standard InChI is InChI=1S/C12H12N2O/c1-2-4-11(15)9-5-3-6-10-12(9)14-8-7-13-10/h2-3,5-8,11,15H,1,4H2. The van der Waals surface area contributed by atoms with Gasteiger partial charge in [0.1, 0.15) is 0 Å². The molecule has 3 nitrogen and oxygen atoms in total. The molecule has 15 heavy (non-hydrogen) atoms. The van der Waals surface area contributed by atoms with Gasteiger partial charge in [0.2, 0.25) is 0 Å². The maximum Gasteiger partial charge on any atom is 0.0944 e. The minimum Gasteiger partial charge on any atom is -0.388 e. The van der Waals surface area contributed by atoms with Crippen LogP contribution in [-0.2, 0) is 0 Å². The van der Waals surface area contributed by atoms with E-state index in [-0.39, 0.29) is 0 Å². The highest BCUT2D eigenvalue weighted by Crippen LogP contribution is 2.23. The Morgan fingerprint density at radius 2 is 2.13 bits per heavy atom. The third kappa shape index (κ3) is 1.87. The van der Waals surface area contributed by atoms with Crippen LogP contribution in [0.1, 0.15) is 18.1 Å². The number of aliphatic hydroxyl groups excluding tert-OH is 1. The Balaban J connectivity index is 2.55. The number of fused-ring (bicyclic) bond motifs is 1. The summed E-state index contributed by atoms with van der Waals surface area (Å²) in [4.78, 5) is 8.41. The average Bonchev–Trinajstić information content (AvgIpc) is 2.28. The molecular formula is C12H12N2O. The number of aromatic nitrogens is 2. The van der Waals surface area contributed by atoms with Crippen LogP contribution in [0.15, 0.2) is 43.2 Å². The van der Waals surface area contributed by atoms with Crippen molar-refractivity contribution in [2.75, 3.05) is 0 Å². The van der Waals surface area contributed by atoms with Crippen molar-refractivity contribution in [2.24, 2.45) is 0 Å². The van der Waals surface area contributed by atoms with Gasteiger partial charge in [0.15, 0.2) is 0 Å². The van der Waals surface area contributed by atoms with Gasteiger partial charge in [-0.3, -0.25) is 9.97 Å². The van der Waals surface area contributed by atoms with Gasteiger partial charge in [-0.2, -0.15) is 0 Å². The highest BCUT2D eigenvalue weighted by Gasteiger charge is 2.10. The van der Waals surface area contributed by atoms with E-state index < -0.39 is 6.10 Å². The molecule has 1 aromatic heterocycles. The lowest BCUT2D eigenvalue weighted by molar-refractivity contribution is 0.183. The number of benzene rings is 1. The molecule has 0 aliphatic rings. The number of hydrogen-bond donors (Lipinski definition) is 1. The van der Waals surface area contributed by atoms with E-state index in [2.05, 4.69) is 16.5 Å². The topological polar surface area (TPSA) is 46.0 Å². The van der Waals surface area contributed by atoms with Crippen LogP contribution in [0, 0.1) is 0 Å². The maximum absolute atomic E-state index is 9.88. The fourth-order valence-corrected chi connectivity index (χ4v) is 1.57. The second-order valence-corrected chi connectivity index (χ2v) is 3.31. The summed E-state index contributed by atoms with van der Waals surface area (Å²) in [6.07, 6.45) is 4.94. The van der Waals surface area contributed by atoms with E-state index >= 15 is 0 Å². The number of rotatable bonds is 3. The lowest BCUT2D eigenvalue weighted by atomic mass is 10.0. The summed E-state index contributed by atoms with van der Waals surface area (Å²) < 4.78 is 0. The Hall–Kier alpha value is -1.74. The third-order valence-corrected chi connectivity index (χ3v) is 2.28. The smallest absolute Gasteiger partial charge is 0.0944 e. The van der Waals surface area contributed by atoms with Crippen LogP contribution in [-0.4, -0.2) is 15.1 Å². The molecule has 1 N–H and O–H groups in total. The summed E-state index contributed by atoms with van der Waals surface area (Å²) in [5.41, 5.74) is 2.37. The van der Waals surface area contributed by atoms with Crippen LogP contribution in [0.4, 0.5) is 0 Å². The molecule has 76 valence electrons. The molecule has 2 rings (SSSR count). The molecule has 1 aromatic carbocycles. The highest BCUT2D eigenvalue weighted by atomic mass is 16.3. The summed E-state index contributed by atoms with van der Waals surface area (Å²) in [5.74, 6) is 0. The molecule has 0 radical (unpaired) electrons. The first-order valence-electron chi connectivity index (χ1n) is 4.81. The lowest BCUT2D eigenvalue weighted by Gasteiger charge is -2.10. The SMILES string of the molecule is C=CCC(O)c1cccc2nccnc12. The van der Waals surface area contributed by atoms with Crippen molar-refractivity contribution in [3.05, 3.63) is 48.8 Å². The largest absolute Gasteiger partial charge is 0.388 e. The molecule has 0 aliphatic carbocycles. The molecule has 0 spiro atoms. The van der Waals surface area contributed by atoms with Gasteiger partial charge in [-0.05, 0) is 12.5 Å². The van der Waals surface area contributed by atoms with Crippen LogP contribution in [0.2, 0.25) is 0 Å². The Kier molecular flexibility index (Phi) is 2.74. The molecular weight excluding hydrogens is 188 g/mol. The molecule has 0 saturated carbocycles. The lowest BCUT2D eigenvalue weighted by Crippen LogP contribution is -1.98. The monoisotopic (exact) mass is 200 g/mol. The Bertz CT molecular complexity index is 477. The van der Waals surface area contributed by atoms with E-state index in [1.54, 1.807) is 18.5 Å². The van der Waals surface area contributed by atoms with E-state index in [0.717, 1.165) is 16.6 Å². The fourth-order valence-electron chi connectivity index (χ4n) is 1.57. The van der Waals surface area contributed by atoms with Gasteiger partial charge in [0.05, 0.1) is 17.1 Å². The van der Waals surface area contributed by atoms with Crippen molar-refractivity contribution in [1.29, 1.82) is 0 Å². The van der Waals surface area contributed by atoms with Crippen molar-refractivity contribution < 1.29 is 5.11 Å². The minimum atomic E-state index is -0.553. The highest BCUT2D eigenvalue weighted by molar-refractivity contribution is 5.77. The first kappa shape index (κ1) is 9.80. The van der Waals surface area contributed by atoms with Gasteiger partial charge < -0.3 is 5.11 Å². The number of para-hydroxylation sites is 1. The molecule has 0 saturated heterocycles. The first-order valence-corrected chi connectivity index (χ1v) is 4.81. The molecule has 1 unspecified atom stereocenters. The molecule has 0 fully saturated rings. The zero-order valence-corrected chi connectivity index (χ0v) is 8.30. The van der Waals surface area contributed by atoms with E-state index in [1.807, 2.05) is 18.2 Å². The zero-order valence-electron chi connectivity index (χ0n) is 8.30. The van der Waals surface area contributed by atoms with Crippen molar-refractivity contribution in [3.63, 3.8) is 0 Å². The van der Waals surface area contributed by atoms with E-state index in [9.17, 15) is 5.11 Å². The fraction of sp³-hybridized carbons (Fsp3) is 0.167. The van der Waals surface area contributed by atoms with Gasteiger partial charge in [-0.15, -0.1) is 6.58 Å². The predicted octanol–water partition coefficient (Wildman–Crippen LogP) is 2.24. The van der Waals surface area contributed by atoms with Gasteiger partial charge in [0.25, 0.3) is 0 Å². The quantitative estimate of drug-likeness (QED) is 0.773. The zero-order chi connectivity index (χ0) is 10.7. The van der Waals surface area contributed by atoms with Crippen LogP contribution in [0.25, 0.3) is 11.0 Å². The number of hydrogen-bond acceptors (Lipinski definition) is 3. The molecule has 0 amide bonds. The number of aliphatic hydroxyl groups is 1. The Labute approximate surface area is 88.1 Å². The van der Waals surface area contributed by atoms with Crippen LogP contribution in [0.5, 0.6) is 0 Å². The van der Waals surface area contributed by atoms with Crippen molar-refractivity contribution >= 4 is 11.0 Å². The molecule has 3 heteroatoms. The van der Waals surface area contributed by atoms with Crippen LogP contribution >= 0.6 is 0 Å². The summed E-state index contributed by atoms with van der Waals surface area (Å²) in [6, 6.07) is 5.62. The van der Waals surface area contributed by atoms with Crippen molar-refractivity contribution in [3.8, 4) is 0 Å². The van der Waals surface area contributed by atoms with Gasteiger partial charge in [-0.25, -0.2) is 0 Å². The van der Waals surface area contributed by atoms with E-state index in [4.69, 9.17) is 0 Å². The van der Waals surface area contributed by atoms with Gasteiger partial charge in [-0.1, -0.05) is 18.2 Å². The summed E-state index contributed by atoms with van der Waals surface area (Å²) >= 11 is 0. The minimum absolute atomic E-state index is 0.523. The Morgan fingerprint density at radius 1 is 1.33 bits per heavy atom. The summed E-state index contributed by atoms with van der Waals surface area (Å²) in [7, 11) is 0. The Morgan fingerprint density at radius 3 is 2.93 bits per heavy atom. The third-order valence-electron chi connectivity index (χ3n) is 2.28. The second kappa shape index (κ2) is 4.19. The second-order valence-electron chi connectivity index (χ2n) is 3.31. The van der Waals surface area contributed by atoms with Crippen molar-refractivity contribution in [2.45, 2.75) is 12.5 Å². The first-order chi connectivity index (χ1) is 7.33. The molecule has 1 atom stereocenters. The molecule has 0 aliphatic heterocycles.